The highest BCUT2D eigenvalue weighted by molar-refractivity contribution is 7.91. The number of amides is 1. The molecule has 41 heavy (non-hydrogen) atoms. The van der Waals surface area contributed by atoms with Crippen LogP contribution in [-0.2, 0) is 14.6 Å². The van der Waals surface area contributed by atoms with Gasteiger partial charge in [0.2, 0.25) is 5.91 Å². The van der Waals surface area contributed by atoms with Crippen molar-refractivity contribution in [3.05, 3.63) is 54.2 Å². The summed E-state index contributed by atoms with van der Waals surface area (Å²) >= 11 is 1.47. The third-order valence-electron chi connectivity index (χ3n) is 9.13. The topological polar surface area (TPSA) is 116 Å². The van der Waals surface area contributed by atoms with Crippen LogP contribution < -0.4 is 10.2 Å². The maximum Gasteiger partial charge on any atom is 0.225 e. The number of thiazole rings is 1. The highest BCUT2D eigenvalue weighted by Crippen LogP contribution is 2.58. The average molecular weight is 592 g/mol. The van der Waals surface area contributed by atoms with E-state index in [9.17, 15) is 22.9 Å². The number of halogens is 1. The molecule has 7 rings (SSSR count). The Bertz CT molecular complexity index is 1650. The number of carbonyl (C=O) groups is 1. The molecule has 1 amide bonds. The largest absolute Gasteiger partial charge is 0.369 e. The molecule has 0 spiro atoms. The van der Waals surface area contributed by atoms with E-state index in [1.807, 2.05) is 24.3 Å². The maximum atomic E-state index is 14.1. The third-order valence-corrected chi connectivity index (χ3v) is 11.9. The zero-order chi connectivity index (χ0) is 28.4. The number of pyridine rings is 1. The molecule has 1 aliphatic heterocycles. The van der Waals surface area contributed by atoms with Crippen molar-refractivity contribution in [3.8, 4) is 27.1 Å². The minimum absolute atomic E-state index is 0.0669. The highest BCUT2D eigenvalue weighted by atomic mass is 32.2. The lowest BCUT2D eigenvalue weighted by molar-refractivity contribution is -0.127. The molecule has 1 N–H and O–H groups in total. The summed E-state index contributed by atoms with van der Waals surface area (Å²) in [4.78, 5) is 25.7. The van der Waals surface area contributed by atoms with Gasteiger partial charge in [0, 0.05) is 42.4 Å². The SMILES string of the molecule is N#CC1(NC(=O)C2CC3CC3CC2c2nc(-c3cncc(F)c3)sc2-c2ccc(N3CCS(=O)(=O)CC3)cc2)CC1. The first-order chi connectivity index (χ1) is 19.7. The van der Waals surface area contributed by atoms with Crippen LogP contribution in [0.4, 0.5) is 10.1 Å². The van der Waals surface area contributed by atoms with Crippen molar-refractivity contribution in [1.29, 1.82) is 5.26 Å². The lowest BCUT2D eigenvalue weighted by Gasteiger charge is -2.31. The second-order valence-corrected chi connectivity index (χ2v) is 15.2. The van der Waals surface area contributed by atoms with E-state index < -0.39 is 21.2 Å². The molecule has 11 heteroatoms. The number of nitrogens with zero attached hydrogens (tertiary/aromatic N) is 4. The molecule has 3 aliphatic carbocycles. The smallest absolute Gasteiger partial charge is 0.225 e. The minimum Gasteiger partial charge on any atom is -0.369 e. The number of nitriles is 1. The van der Waals surface area contributed by atoms with E-state index in [4.69, 9.17) is 4.98 Å². The molecule has 1 aromatic carbocycles. The fourth-order valence-corrected chi connectivity index (χ4v) is 8.74. The van der Waals surface area contributed by atoms with Gasteiger partial charge in [-0.1, -0.05) is 12.1 Å². The number of aromatic nitrogens is 2. The monoisotopic (exact) mass is 591 g/mol. The summed E-state index contributed by atoms with van der Waals surface area (Å²) in [5.41, 5.74) is 2.63. The standard InChI is InChI=1S/C30H30FN5O3S2/c31-22-12-21(15-33-16-22)29-34-26(24-13-19-11-20(19)14-25(24)28(37)35-30(17-32)5-6-30)27(40-29)18-1-3-23(4-2-18)36-7-9-41(38,39)10-8-36/h1-4,12,15-16,19-20,24-25H,5-11,13-14H2,(H,35,37). The van der Waals surface area contributed by atoms with Crippen molar-refractivity contribution in [2.24, 2.45) is 17.8 Å². The molecule has 0 radical (unpaired) electrons. The Morgan fingerprint density at radius 2 is 1.80 bits per heavy atom. The van der Waals surface area contributed by atoms with Crippen molar-refractivity contribution in [1.82, 2.24) is 15.3 Å². The van der Waals surface area contributed by atoms with Crippen LogP contribution in [0.2, 0.25) is 0 Å². The average Bonchev–Trinajstić information content (AvgIpc) is 3.88. The molecule has 4 unspecified atom stereocenters. The Kier molecular flexibility index (Phi) is 6.39. The van der Waals surface area contributed by atoms with E-state index in [2.05, 4.69) is 21.3 Å². The van der Waals surface area contributed by atoms with Gasteiger partial charge in [-0.3, -0.25) is 9.78 Å². The first-order valence-corrected chi connectivity index (χ1v) is 16.8. The van der Waals surface area contributed by atoms with Crippen molar-refractivity contribution in [2.45, 2.75) is 43.6 Å². The van der Waals surface area contributed by atoms with Crippen molar-refractivity contribution < 1.29 is 17.6 Å². The van der Waals surface area contributed by atoms with Crippen LogP contribution in [0.15, 0.2) is 42.7 Å². The molecule has 1 saturated heterocycles. The fourth-order valence-electron chi connectivity index (χ4n) is 6.42. The van der Waals surface area contributed by atoms with Crippen LogP contribution in [0.25, 0.3) is 21.0 Å². The molecule has 3 aromatic rings. The van der Waals surface area contributed by atoms with Crippen molar-refractivity contribution >= 4 is 32.8 Å². The van der Waals surface area contributed by atoms with E-state index in [-0.39, 0.29) is 29.2 Å². The van der Waals surface area contributed by atoms with Gasteiger partial charge in [-0.25, -0.2) is 17.8 Å². The number of nitrogens with one attached hydrogen (secondary N) is 1. The van der Waals surface area contributed by atoms with Gasteiger partial charge in [-0.2, -0.15) is 5.26 Å². The van der Waals surface area contributed by atoms with Crippen molar-refractivity contribution in [3.63, 3.8) is 0 Å². The summed E-state index contributed by atoms with van der Waals surface area (Å²) < 4.78 is 37.9. The number of benzene rings is 1. The Hall–Kier alpha value is -3.36. The van der Waals surface area contributed by atoms with Crippen molar-refractivity contribution in [2.75, 3.05) is 29.5 Å². The molecule has 4 aliphatic rings. The predicted octanol–water partition coefficient (Wildman–Crippen LogP) is 4.55. The third kappa shape index (κ3) is 5.24. The molecular formula is C30H30FN5O3S2. The molecule has 4 atom stereocenters. The van der Waals surface area contributed by atoms with Gasteiger partial charge >= 0.3 is 0 Å². The number of carbonyl (C=O) groups excluding carboxylic acids is 1. The Balaban J connectivity index is 1.25. The first kappa shape index (κ1) is 26.5. The minimum atomic E-state index is -2.97. The molecular weight excluding hydrogens is 561 g/mol. The van der Waals surface area contributed by atoms with Gasteiger partial charge in [0.05, 0.1) is 34.3 Å². The lowest BCUT2D eigenvalue weighted by Crippen LogP contribution is -2.43. The van der Waals surface area contributed by atoms with Gasteiger partial charge in [-0.15, -0.1) is 11.3 Å². The molecule has 212 valence electrons. The van der Waals surface area contributed by atoms with Crippen LogP contribution in [0.1, 0.15) is 43.7 Å². The molecule has 3 saturated carbocycles. The number of hydrogen-bond donors (Lipinski definition) is 1. The fraction of sp³-hybridized carbons (Fsp3) is 0.467. The maximum absolute atomic E-state index is 14.1. The zero-order valence-electron chi connectivity index (χ0n) is 22.4. The highest BCUT2D eigenvalue weighted by Gasteiger charge is 2.52. The van der Waals surface area contributed by atoms with Gasteiger partial charge in [-0.05, 0) is 67.7 Å². The van der Waals surface area contributed by atoms with Gasteiger partial charge < -0.3 is 10.2 Å². The van der Waals surface area contributed by atoms with E-state index in [1.165, 1.54) is 23.6 Å². The summed E-state index contributed by atoms with van der Waals surface area (Å²) in [6.07, 6.45) is 6.91. The van der Waals surface area contributed by atoms with E-state index in [1.54, 1.807) is 6.20 Å². The molecule has 2 aromatic heterocycles. The van der Waals surface area contributed by atoms with Crippen LogP contribution >= 0.6 is 11.3 Å². The summed E-state index contributed by atoms with van der Waals surface area (Å²) in [5.74, 6) is 0.527. The van der Waals surface area contributed by atoms with Crippen LogP contribution in [0, 0.1) is 34.9 Å². The second kappa shape index (κ2) is 9.88. The zero-order valence-corrected chi connectivity index (χ0v) is 24.1. The predicted molar refractivity (Wildman–Crippen MR) is 154 cm³/mol. The number of fused-ring (bicyclic) bond motifs is 1. The first-order valence-electron chi connectivity index (χ1n) is 14.1. The summed E-state index contributed by atoms with van der Waals surface area (Å²) in [7, 11) is -2.97. The summed E-state index contributed by atoms with van der Waals surface area (Å²) in [5, 5.41) is 13.3. The second-order valence-electron chi connectivity index (χ2n) is 11.9. The van der Waals surface area contributed by atoms with Crippen LogP contribution in [0.3, 0.4) is 0 Å². The van der Waals surface area contributed by atoms with Crippen LogP contribution in [0.5, 0.6) is 0 Å². The number of sulfone groups is 1. The molecule has 3 heterocycles. The lowest BCUT2D eigenvalue weighted by atomic mass is 9.76. The van der Waals surface area contributed by atoms with Crippen LogP contribution in [-0.4, -0.2) is 54.4 Å². The molecule has 0 bridgehead atoms. The van der Waals surface area contributed by atoms with Gasteiger partial charge in [0.15, 0.2) is 9.84 Å². The van der Waals surface area contributed by atoms with E-state index >= 15 is 0 Å². The number of hydrogen-bond acceptors (Lipinski definition) is 8. The van der Waals surface area contributed by atoms with E-state index in [0.29, 0.717) is 48.3 Å². The Morgan fingerprint density at radius 3 is 2.49 bits per heavy atom. The molecule has 4 fully saturated rings. The number of anilines is 1. The summed E-state index contributed by atoms with van der Waals surface area (Å²) in [6, 6.07) is 11.8. The molecule has 8 nitrogen and oxygen atoms in total. The normalized spacial score (nSPS) is 27.4. The van der Waals surface area contributed by atoms with Gasteiger partial charge in [0.1, 0.15) is 16.4 Å². The number of rotatable bonds is 6. The Morgan fingerprint density at radius 1 is 1.07 bits per heavy atom. The Labute approximate surface area is 242 Å². The van der Waals surface area contributed by atoms with E-state index in [0.717, 1.165) is 41.1 Å². The van der Waals surface area contributed by atoms with Gasteiger partial charge in [0.25, 0.3) is 0 Å². The summed E-state index contributed by atoms with van der Waals surface area (Å²) in [6.45, 7) is 0.936. The quantitative estimate of drug-likeness (QED) is 0.447.